The molecule has 5 heteroatoms. The zero-order valence-corrected chi connectivity index (χ0v) is 12.2. The third-order valence-corrected chi connectivity index (χ3v) is 4.58. The van der Waals surface area contributed by atoms with E-state index in [1.165, 1.54) is 10.5 Å². The summed E-state index contributed by atoms with van der Waals surface area (Å²) >= 11 is 7.72. The molecule has 3 nitrogen and oxygen atoms in total. The van der Waals surface area contributed by atoms with Crippen LogP contribution in [0.25, 0.3) is 0 Å². The molecule has 0 spiro atoms. The second-order valence-corrected chi connectivity index (χ2v) is 6.13. The fourth-order valence-electron chi connectivity index (χ4n) is 2.25. The Labute approximate surface area is 126 Å². The molecule has 102 valence electrons. The average molecular weight is 305 g/mol. The van der Waals surface area contributed by atoms with Crippen molar-refractivity contribution in [1.29, 1.82) is 0 Å². The molecule has 1 aliphatic heterocycles. The van der Waals surface area contributed by atoms with Gasteiger partial charge in [0.25, 0.3) is 5.91 Å². The van der Waals surface area contributed by atoms with E-state index in [-0.39, 0.29) is 11.9 Å². The first kappa shape index (κ1) is 13.5. The monoisotopic (exact) mass is 304 g/mol. The summed E-state index contributed by atoms with van der Waals surface area (Å²) in [5.41, 5.74) is 1.53. The molecule has 0 radical (unpaired) electrons. The van der Waals surface area contributed by atoms with Crippen molar-refractivity contribution in [3.8, 4) is 0 Å². The lowest BCUT2D eigenvalue weighted by Crippen LogP contribution is -2.31. The van der Waals surface area contributed by atoms with Crippen LogP contribution in [0.1, 0.15) is 28.5 Å². The Morgan fingerprint density at radius 2 is 2.20 bits per heavy atom. The van der Waals surface area contributed by atoms with Gasteiger partial charge in [-0.3, -0.25) is 9.78 Å². The SMILES string of the molecule is O=C(NC1CCSc2ccccc21)c1cc(Cl)ccn1. The summed E-state index contributed by atoms with van der Waals surface area (Å²) in [6.07, 6.45) is 2.47. The number of carbonyl (C=O) groups is 1. The minimum atomic E-state index is -0.181. The summed E-state index contributed by atoms with van der Waals surface area (Å²) in [6.45, 7) is 0. The van der Waals surface area contributed by atoms with Gasteiger partial charge in [-0.2, -0.15) is 0 Å². The van der Waals surface area contributed by atoms with Crippen molar-refractivity contribution < 1.29 is 4.79 Å². The number of halogens is 1. The predicted molar refractivity (Wildman–Crippen MR) is 81.2 cm³/mol. The van der Waals surface area contributed by atoms with Crippen LogP contribution in [0.15, 0.2) is 47.5 Å². The van der Waals surface area contributed by atoms with Crippen molar-refractivity contribution in [1.82, 2.24) is 10.3 Å². The molecule has 2 aromatic rings. The number of thioether (sulfide) groups is 1. The van der Waals surface area contributed by atoms with E-state index in [4.69, 9.17) is 11.6 Å². The number of fused-ring (bicyclic) bond motifs is 1. The van der Waals surface area contributed by atoms with Gasteiger partial charge < -0.3 is 5.32 Å². The van der Waals surface area contributed by atoms with Crippen LogP contribution >= 0.6 is 23.4 Å². The number of hydrogen-bond acceptors (Lipinski definition) is 3. The first-order valence-corrected chi connectivity index (χ1v) is 7.74. The normalized spacial score (nSPS) is 17.4. The molecular weight excluding hydrogens is 292 g/mol. The Hall–Kier alpha value is -1.52. The van der Waals surface area contributed by atoms with Gasteiger partial charge in [-0.1, -0.05) is 29.8 Å². The molecule has 1 aliphatic rings. The third kappa shape index (κ3) is 2.81. The molecule has 1 atom stereocenters. The number of benzene rings is 1. The molecule has 2 heterocycles. The molecular formula is C15H13ClN2OS. The minimum absolute atomic E-state index is 0.0423. The van der Waals surface area contributed by atoms with Crippen LogP contribution in [0, 0.1) is 0 Å². The number of hydrogen-bond donors (Lipinski definition) is 1. The molecule has 1 aromatic heterocycles. The number of rotatable bonds is 2. The molecule has 0 fully saturated rings. The Balaban J connectivity index is 1.81. The largest absolute Gasteiger partial charge is 0.344 e. The van der Waals surface area contributed by atoms with E-state index >= 15 is 0 Å². The van der Waals surface area contributed by atoms with Gasteiger partial charge in [-0.25, -0.2) is 0 Å². The second kappa shape index (κ2) is 5.85. The van der Waals surface area contributed by atoms with Crippen LogP contribution in [0.4, 0.5) is 0 Å². The topological polar surface area (TPSA) is 42.0 Å². The van der Waals surface area contributed by atoms with E-state index < -0.39 is 0 Å². The quantitative estimate of drug-likeness (QED) is 0.920. The summed E-state index contributed by atoms with van der Waals surface area (Å²) in [5.74, 6) is 0.824. The molecule has 1 unspecified atom stereocenters. The molecule has 1 amide bonds. The van der Waals surface area contributed by atoms with Crippen LogP contribution in [-0.2, 0) is 0 Å². The maximum atomic E-state index is 12.2. The number of nitrogens with zero attached hydrogens (tertiary/aromatic N) is 1. The van der Waals surface area contributed by atoms with Crippen LogP contribution in [0.2, 0.25) is 5.02 Å². The van der Waals surface area contributed by atoms with E-state index in [0.29, 0.717) is 10.7 Å². The summed E-state index contributed by atoms with van der Waals surface area (Å²) in [5, 5.41) is 3.56. The number of amides is 1. The van der Waals surface area contributed by atoms with Gasteiger partial charge in [0.1, 0.15) is 5.69 Å². The van der Waals surface area contributed by atoms with E-state index in [0.717, 1.165) is 12.2 Å². The van der Waals surface area contributed by atoms with Crippen molar-refractivity contribution in [2.24, 2.45) is 0 Å². The van der Waals surface area contributed by atoms with Crippen molar-refractivity contribution >= 4 is 29.3 Å². The van der Waals surface area contributed by atoms with Crippen LogP contribution in [0.5, 0.6) is 0 Å². The Morgan fingerprint density at radius 3 is 3.05 bits per heavy atom. The van der Waals surface area contributed by atoms with E-state index in [1.54, 1.807) is 18.3 Å². The molecule has 3 rings (SSSR count). The highest BCUT2D eigenvalue weighted by molar-refractivity contribution is 7.99. The van der Waals surface area contributed by atoms with Gasteiger partial charge in [0.05, 0.1) is 6.04 Å². The molecule has 1 aromatic carbocycles. The van der Waals surface area contributed by atoms with Crippen LogP contribution < -0.4 is 5.32 Å². The standard InChI is InChI=1S/C15H13ClN2OS/c16-10-5-7-17-13(9-10)15(19)18-12-6-8-20-14-4-2-1-3-11(12)14/h1-5,7,9,12H,6,8H2,(H,18,19). The number of carbonyl (C=O) groups excluding carboxylic acids is 1. The van der Waals surface area contributed by atoms with Gasteiger partial charge in [-0.15, -0.1) is 11.8 Å². The van der Waals surface area contributed by atoms with Crippen molar-refractivity contribution in [2.75, 3.05) is 5.75 Å². The average Bonchev–Trinajstić information content (AvgIpc) is 2.47. The van der Waals surface area contributed by atoms with Crippen molar-refractivity contribution in [2.45, 2.75) is 17.4 Å². The van der Waals surface area contributed by atoms with Crippen molar-refractivity contribution in [3.05, 3.63) is 58.9 Å². The van der Waals surface area contributed by atoms with Crippen LogP contribution in [-0.4, -0.2) is 16.6 Å². The minimum Gasteiger partial charge on any atom is -0.344 e. The van der Waals surface area contributed by atoms with E-state index in [9.17, 15) is 4.79 Å². The highest BCUT2D eigenvalue weighted by atomic mass is 35.5. The Morgan fingerprint density at radius 1 is 1.35 bits per heavy atom. The lowest BCUT2D eigenvalue weighted by atomic mass is 10.0. The molecule has 0 saturated carbocycles. The second-order valence-electron chi connectivity index (χ2n) is 4.56. The van der Waals surface area contributed by atoms with Crippen LogP contribution in [0.3, 0.4) is 0 Å². The zero-order chi connectivity index (χ0) is 13.9. The van der Waals surface area contributed by atoms with Gasteiger partial charge in [-0.05, 0) is 30.2 Å². The zero-order valence-electron chi connectivity index (χ0n) is 10.7. The van der Waals surface area contributed by atoms with E-state index in [2.05, 4.69) is 22.4 Å². The molecule has 1 N–H and O–H groups in total. The maximum Gasteiger partial charge on any atom is 0.270 e. The number of pyridine rings is 1. The summed E-state index contributed by atoms with van der Waals surface area (Å²) < 4.78 is 0. The lowest BCUT2D eigenvalue weighted by molar-refractivity contribution is 0.0930. The molecule has 20 heavy (non-hydrogen) atoms. The molecule has 0 saturated heterocycles. The van der Waals surface area contributed by atoms with Crippen molar-refractivity contribution in [3.63, 3.8) is 0 Å². The smallest absolute Gasteiger partial charge is 0.270 e. The highest BCUT2D eigenvalue weighted by Gasteiger charge is 2.22. The summed E-state index contributed by atoms with van der Waals surface area (Å²) in [7, 11) is 0. The Bertz CT molecular complexity index is 647. The summed E-state index contributed by atoms with van der Waals surface area (Å²) in [6, 6.07) is 11.5. The first-order chi connectivity index (χ1) is 9.74. The predicted octanol–water partition coefficient (Wildman–Crippen LogP) is 3.70. The number of aromatic nitrogens is 1. The fraction of sp³-hybridized carbons (Fsp3) is 0.200. The maximum absolute atomic E-state index is 12.2. The number of nitrogens with one attached hydrogen (secondary N) is 1. The first-order valence-electron chi connectivity index (χ1n) is 6.38. The van der Waals surface area contributed by atoms with Gasteiger partial charge in [0.2, 0.25) is 0 Å². The lowest BCUT2D eigenvalue weighted by Gasteiger charge is -2.25. The summed E-state index contributed by atoms with van der Waals surface area (Å²) in [4.78, 5) is 17.5. The molecule has 0 aliphatic carbocycles. The van der Waals surface area contributed by atoms with Gasteiger partial charge in [0.15, 0.2) is 0 Å². The fourth-order valence-corrected chi connectivity index (χ4v) is 3.54. The van der Waals surface area contributed by atoms with Gasteiger partial charge in [0, 0.05) is 21.9 Å². The highest BCUT2D eigenvalue weighted by Crippen LogP contribution is 2.35. The Kier molecular flexibility index (Phi) is 3.94. The third-order valence-electron chi connectivity index (χ3n) is 3.22. The van der Waals surface area contributed by atoms with E-state index in [1.807, 2.05) is 23.9 Å². The van der Waals surface area contributed by atoms with Gasteiger partial charge >= 0.3 is 0 Å². The molecule has 0 bridgehead atoms.